The highest BCUT2D eigenvalue weighted by atomic mass is 16.5. The van der Waals surface area contributed by atoms with E-state index < -0.39 is 24.4 Å². The number of aliphatic hydroxyl groups excluding tert-OH is 3. The molecule has 0 fully saturated rings. The Hall–Kier alpha value is -0.530. The summed E-state index contributed by atoms with van der Waals surface area (Å²) < 4.78 is 9.15. The van der Waals surface area contributed by atoms with Crippen LogP contribution < -0.4 is 0 Å². The Balaban J connectivity index is 4.20. The van der Waals surface area contributed by atoms with E-state index in [2.05, 4.69) is 9.47 Å². The van der Waals surface area contributed by atoms with E-state index in [-0.39, 0.29) is 6.61 Å². The molecule has 84 valence electrons. The lowest BCUT2D eigenvalue weighted by Crippen LogP contribution is -2.47. The van der Waals surface area contributed by atoms with E-state index in [1.807, 2.05) is 0 Å². The standard InChI is InChI=1S/C8H16O6/c1-13-4-5(10)7(11)8(12)6(3-9)14-2/h3,5-8,10-12H,4H2,1-2H3/t5-,6+,7-,8-/m1/s1. The summed E-state index contributed by atoms with van der Waals surface area (Å²) in [7, 11) is 2.56. The Kier molecular flexibility index (Phi) is 6.60. The molecular formula is C8H16O6. The average Bonchev–Trinajstić information content (AvgIpc) is 2.18. The number of ether oxygens (including phenoxy) is 2. The van der Waals surface area contributed by atoms with Gasteiger partial charge in [-0.2, -0.15) is 0 Å². The van der Waals surface area contributed by atoms with E-state index in [1.165, 1.54) is 14.2 Å². The van der Waals surface area contributed by atoms with Crippen LogP contribution in [0, 0.1) is 0 Å². The van der Waals surface area contributed by atoms with Crippen LogP contribution in [0.1, 0.15) is 0 Å². The quantitative estimate of drug-likeness (QED) is 0.416. The van der Waals surface area contributed by atoms with Crippen molar-refractivity contribution in [2.24, 2.45) is 0 Å². The molecule has 0 aromatic carbocycles. The molecular weight excluding hydrogens is 192 g/mol. The van der Waals surface area contributed by atoms with Crippen molar-refractivity contribution in [1.29, 1.82) is 0 Å². The predicted molar refractivity (Wildman–Crippen MR) is 46.8 cm³/mol. The third-order valence-corrected chi connectivity index (χ3v) is 1.82. The van der Waals surface area contributed by atoms with Crippen LogP contribution in [-0.4, -0.2) is 66.8 Å². The first kappa shape index (κ1) is 13.5. The summed E-state index contributed by atoms with van der Waals surface area (Å²) in [5, 5.41) is 27.9. The van der Waals surface area contributed by atoms with Crippen molar-refractivity contribution >= 4 is 6.29 Å². The Morgan fingerprint density at radius 3 is 2.14 bits per heavy atom. The van der Waals surface area contributed by atoms with E-state index in [0.717, 1.165) is 0 Å². The van der Waals surface area contributed by atoms with E-state index in [4.69, 9.17) is 0 Å². The maximum absolute atomic E-state index is 10.4. The molecule has 14 heavy (non-hydrogen) atoms. The monoisotopic (exact) mass is 208 g/mol. The summed E-state index contributed by atoms with van der Waals surface area (Å²) in [5.74, 6) is 0. The third-order valence-electron chi connectivity index (χ3n) is 1.82. The van der Waals surface area contributed by atoms with Crippen molar-refractivity contribution < 1.29 is 29.6 Å². The summed E-state index contributed by atoms with van der Waals surface area (Å²) in [6.45, 7) is -0.131. The van der Waals surface area contributed by atoms with Crippen molar-refractivity contribution in [2.45, 2.75) is 24.4 Å². The van der Waals surface area contributed by atoms with Gasteiger partial charge in [0.25, 0.3) is 0 Å². The van der Waals surface area contributed by atoms with E-state index in [9.17, 15) is 20.1 Å². The Labute approximate surface area is 82.1 Å². The minimum Gasteiger partial charge on any atom is -0.388 e. The molecule has 0 saturated carbocycles. The molecule has 0 aliphatic carbocycles. The summed E-state index contributed by atoms with van der Waals surface area (Å²) in [6.07, 6.45) is -5.01. The van der Waals surface area contributed by atoms with Gasteiger partial charge in [0, 0.05) is 14.2 Å². The van der Waals surface area contributed by atoms with Crippen LogP contribution in [0.3, 0.4) is 0 Å². The van der Waals surface area contributed by atoms with Crippen molar-refractivity contribution in [3.63, 3.8) is 0 Å². The Morgan fingerprint density at radius 2 is 1.79 bits per heavy atom. The first-order valence-electron chi connectivity index (χ1n) is 4.09. The average molecular weight is 208 g/mol. The molecule has 0 radical (unpaired) electrons. The highest BCUT2D eigenvalue weighted by Gasteiger charge is 2.31. The Bertz CT molecular complexity index is 162. The van der Waals surface area contributed by atoms with Gasteiger partial charge in [0.2, 0.25) is 0 Å². The van der Waals surface area contributed by atoms with Gasteiger partial charge in [-0.05, 0) is 0 Å². The van der Waals surface area contributed by atoms with Crippen LogP contribution in [0.25, 0.3) is 0 Å². The van der Waals surface area contributed by atoms with Crippen LogP contribution in [0.2, 0.25) is 0 Å². The van der Waals surface area contributed by atoms with Crippen LogP contribution >= 0.6 is 0 Å². The molecule has 0 saturated heterocycles. The second kappa shape index (κ2) is 6.86. The molecule has 0 aliphatic rings. The largest absolute Gasteiger partial charge is 0.388 e. The summed E-state index contributed by atoms with van der Waals surface area (Å²) in [6, 6.07) is 0. The third kappa shape index (κ3) is 3.69. The second-order valence-corrected chi connectivity index (χ2v) is 2.84. The molecule has 0 amide bonds. The summed E-state index contributed by atoms with van der Waals surface area (Å²) in [4.78, 5) is 10.4. The van der Waals surface area contributed by atoms with Gasteiger partial charge in [-0.25, -0.2) is 0 Å². The van der Waals surface area contributed by atoms with Gasteiger partial charge in [-0.15, -0.1) is 0 Å². The smallest absolute Gasteiger partial charge is 0.151 e. The maximum Gasteiger partial charge on any atom is 0.151 e. The summed E-state index contributed by atoms with van der Waals surface area (Å²) in [5.41, 5.74) is 0. The molecule has 0 aliphatic heterocycles. The van der Waals surface area contributed by atoms with Crippen molar-refractivity contribution in [1.82, 2.24) is 0 Å². The predicted octanol–water partition coefficient (Wildman–Crippen LogP) is -2.07. The first-order valence-corrected chi connectivity index (χ1v) is 4.09. The zero-order valence-corrected chi connectivity index (χ0v) is 8.16. The van der Waals surface area contributed by atoms with E-state index in [0.29, 0.717) is 6.29 Å². The topological polar surface area (TPSA) is 96.2 Å². The zero-order chi connectivity index (χ0) is 11.1. The maximum atomic E-state index is 10.4. The van der Waals surface area contributed by atoms with Crippen LogP contribution in [0.15, 0.2) is 0 Å². The van der Waals surface area contributed by atoms with Crippen LogP contribution in [-0.2, 0) is 14.3 Å². The van der Waals surface area contributed by atoms with E-state index in [1.54, 1.807) is 0 Å². The van der Waals surface area contributed by atoms with Gasteiger partial charge < -0.3 is 29.6 Å². The van der Waals surface area contributed by atoms with Crippen LogP contribution in [0.5, 0.6) is 0 Å². The summed E-state index contributed by atoms with van der Waals surface area (Å²) >= 11 is 0. The lowest BCUT2D eigenvalue weighted by molar-refractivity contribution is -0.142. The minimum atomic E-state index is -1.48. The SMILES string of the molecule is COC[C@@H](O)[C@@H](O)[C@H](O)[C@H](C=O)OC. The molecule has 6 heteroatoms. The normalized spacial score (nSPS) is 19.8. The molecule has 0 bridgehead atoms. The lowest BCUT2D eigenvalue weighted by atomic mass is 10.0. The van der Waals surface area contributed by atoms with Gasteiger partial charge in [-0.3, -0.25) is 0 Å². The van der Waals surface area contributed by atoms with Crippen molar-refractivity contribution in [3.8, 4) is 0 Å². The highest BCUT2D eigenvalue weighted by Crippen LogP contribution is 2.06. The second-order valence-electron chi connectivity index (χ2n) is 2.84. The van der Waals surface area contributed by atoms with Crippen molar-refractivity contribution in [3.05, 3.63) is 0 Å². The van der Waals surface area contributed by atoms with E-state index >= 15 is 0 Å². The fourth-order valence-corrected chi connectivity index (χ4v) is 0.967. The number of aliphatic hydroxyl groups is 3. The molecule has 6 nitrogen and oxygen atoms in total. The minimum absolute atomic E-state index is 0.131. The number of hydrogen-bond acceptors (Lipinski definition) is 6. The molecule has 0 heterocycles. The zero-order valence-electron chi connectivity index (χ0n) is 8.16. The van der Waals surface area contributed by atoms with Crippen LogP contribution in [0.4, 0.5) is 0 Å². The highest BCUT2D eigenvalue weighted by molar-refractivity contribution is 5.57. The fraction of sp³-hybridized carbons (Fsp3) is 0.875. The van der Waals surface area contributed by atoms with Gasteiger partial charge in [0.1, 0.15) is 24.4 Å². The number of methoxy groups -OCH3 is 2. The number of aldehydes is 1. The van der Waals surface area contributed by atoms with Gasteiger partial charge in [0.05, 0.1) is 6.61 Å². The number of carbonyl (C=O) groups excluding carboxylic acids is 1. The molecule has 0 unspecified atom stereocenters. The van der Waals surface area contributed by atoms with Gasteiger partial charge >= 0.3 is 0 Å². The number of hydrogen-bond donors (Lipinski definition) is 3. The Morgan fingerprint density at radius 1 is 1.21 bits per heavy atom. The fourth-order valence-electron chi connectivity index (χ4n) is 0.967. The number of rotatable bonds is 7. The lowest BCUT2D eigenvalue weighted by Gasteiger charge is -2.25. The molecule has 0 rings (SSSR count). The van der Waals surface area contributed by atoms with Crippen molar-refractivity contribution in [2.75, 3.05) is 20.8 Å². The number of carbonyl (C=O) groups is 1. The molecule has 4 atom stereocenters. The molecule has 3 N–H and O–H groups in total. The first-order chi connectivity index (χ1) is 6.58. The van der Waals surface area contributed by atoms with Gasteiger partial charge in [0.15, 0.2) is 6.29 Å². The molecule has 0 spiro atoms. The molecule has 0 aromatic rings. The van der Waals surface area contributed by atoms with Gasteiger partial charge in [-0.1, -0.05) is 0 Å². The molecule has 0 aromatic heterocycles.